The number of aliphatic hydroxyl groups excluding tert-OH is 1. The summed E-state index contributed by atoms with van der Waals surface area (Å²) in [4.78, 5) is 53.0. The topological polar surface area (TPSA) is 235 Å². The van der Waals surface area contributed by atoms with E-state index in [1.54, 1.807) is 13.8 Å². The van der Waals surface area contributed by atoms with E-state index in [0.29, 0.717) is 13.0 Å². The number of nitrogens with zero attached hydrogens (tertiary/aromatic N) is 1. The predicted molar refractivity (Wildman–Crippen MR) is 127 cm³/mol. The van der Waals surface area contributed by atoms with Crippen LogP contribution in [0.25, 0.3) is 0 Å². The SMILES string of the molecule is CC(C)CC(NC(=O)C(CO)NC(=O)C(CC(C)C)NC(=O)C(N)CCCN=C(N)N)C(=O)O. The normalized spacial score (nSPS) is 14.6. The van der Waals surface area contributed by atoms with Crippen LogP contribution in [0, 0.1) is 11.8 Å². The molecule has 0 spiro atoms. The molecule has 13 heteroatoms. The van der Waals surface area contributed by atoms with Crippen molar-refractivity contribution in [3.63, 3.8) is 0 Å². The molecule has 11 N–H and O–H groups in total. The molecular formula is C21H41N7O6. The lowest BCUT2D eigenvalue weighted by Crippen LogP contribution is -2.58. The number of carboxylic acids is 1. The summed E-state index contributed by atoms with van der Waals surface area (Å²) < 4.78 is 0. The minimum absolute atomic E-state index is 0.00197. The van der Waals surface area contributed by atoms with Gasteiger partial charge in [-0.2, -0.15) is 0 Å². The maximum atomic E-state index is 12.8. The number of hydrogen-bond donors (Lipinski definition) is 8. The molecule has 196 valence electrons. The zero-order valence-electron chi connectivity index (χ0n) is 20.4. The molecule has 3 amide bonds. The Labute approximate surface area is 200 Å². The first-order valence-electron chi connectivity index (χ1n) is 11.3. The molecule has 13 nitrogen and oxygen atoms in total. The van der Waals surface area contributed by atoms with Gasteiger partial charge < -0.3 is 43.4 Å². The van der Waals surface area contributed by atoms with Crippen LogP contribution in [0.1, 0.15) is 53.4 Å². The van der Waals surface area contributed by atoms with Gasteiger partial charge in [-0.25, -0.2) is 4.79 Å². The second-order valence-corrected chi connectivity index (χ2v) is 9.02. The molecule has 0 saturated heterocycles. The molecule has 0 aromatic heterocycles. The highest BCUT2D eigenvalue weighted by atomic mass is 16.4. The molecule has 4 unspecified atom stereocenters. The maximum absolute atomic E-state index is 12.8. The zero-order valence-corrected chi connectivity index (χ0v) is 20.4. The standard InChI is InChI=1S/C21H41N7O6/c1-11(2)8-14(26-17(30)13(22)6-5-7-25-21(23)24)18(31)28-16(10-29)19(32)27-15(20(33)34)9-12(3)4/h11-16,29H,5-10,22H2,1-4H3,(H,26,30)(H,27,32)(H,28,31)(H,33,34)(H4,23,24,25). The molecule has 0 radical (unpaired) electrons. The number of carboxylic acid groups (broad SMARTS) is 1. The molecule has 0 saturated carbocycles. The van der Waals surface area contributed by atoms with Crippen LogP contribution in [0.15, 0.2) is 4.99 Å². The fourth-order valence-corrected chi connectivity index (χ4v) is 3.06. The van der Waals surface area contributed by atoms with Crippen LogP contribution in [0.3, 0.4) is 0 Å². The average molecular weight is 488 g/mol. The highest BCUT2D eigenvalue weighted by Crippen LogP contribution is 2.08. The van der Waals surface area contributed by atoms with Gasteiger partial charge in [-0.1, -0.05) is 27.7 Å². The van der Waals surface area contributed by atoms with Gasteiger partial charge in [0.1, 0.15) is 18.1 Å². The fraction of sp³-hybridized carbons (Fsp3) is 0.762. The molecule has 0 aliphatic heterocycles. The number of aliphatic carboxylic acids is 1. The molecule has 0 fully saturated rings. The Kier molecular flexibility index (Phi) is 14.5. The summed E-state index contributed by atoms with van der Waals surface area (Å²) >= 11 is 0. The number of guanidine groups is 1. The molecule has 34 heavy (non-hydrogen) atoms. The van der Waals surface area contributed by atoms with E-state index >= 15 is 0 Å². The van der Waals surface area contributed by atoms with E-state index in [4.69, 9.17) is 17.2 Å². The van der Waals surface area contributed by atoms with Crippen molar-refractivity contribution in [2.24, 2.45) is 34.0 Å². The first kappa shape index (κ1) is 31.1. The highest BCUT2D eigenvalue weighted by molar-refractivity contribution is 5.94. The van der Waals surface area contributed by atoms with E-state index in [-0.39, 0.29) is 37.1 Å². The molecule has 0 heterocycles. The van der Waals surface area contributed by atoms with Crippen LogP contribution in [0.5, 0.6) is 0 Å². The smallest absolute Gasteiger partial charge is 0.326 e. The van der Waals surface area contributed by atoms with Crippen molar-refractivity contribution in [1.29, 1.82) is 0 Å². The Hall–Kier alpha value is -2.93. The molecule has 0 aliphatic rings. The third-order valence-electron chi connectivity index (χ3n) is 4.78. The number of amides is 3. The third-order valence-corrected chi connectivity index (χ3v) is 4.78. The summed E-state index contributed by atoms with van der Waals surface area (Å²) in [6, 6.07) is -4.46. The van der Waals surface area contributed by atoms with E-state index in [0.717, 1.165) is 0 Å². The van der Waals surface area contributed by atoms with Crippen molar-refractivity contribution >= 4 is 29.7 Å². The van der Waals surface area contributed by atoms with Crippen molar-refractivity contribution in [3.8, 4) is 0 Å². The second kappa shape index (κ2) is 15.8. The summed E-state index contributed by atoms with van der Waals surface area (Å²) in [5, 5.41) is 26.2. The van der Waals surface area contributed by atoms with Gasteiger partial charge in [0.2, 0.25) is 17.7 Å². The van der Waals surface area contributed by atoms with E-state index in [1.165, 1.54) is 0 Å². The average Bonchev–Trinajstić information content (AvgIpc) is 2.72. The van der Waals surface area contributed by atoms with Gasteiger partial charge in [0.05, 0.1) is 12.6 Å². The maximum Gasteiger partial charge on any atom is 0.326 e. The van der Waals surface area contributed by atoms with Crippen LogP contribution >= 0.6 is 0 Å². The first-order chi connectivity index (χ1) is 15.8. The molecular weight excluding hydrogens is 446 g/mol. The largest absolute Gasteiger partial charge is 0.480 e. The summed E-state index contributed by atoms with van der Waals surface area (Å²) in [5.74, 6) is -3.36. The lowest BCUT2D eigenvalue weighted by molar-refractivity contribution is -0.143. The highest BCUT2D eigenvalue weighted by Gasteiger charge is 2.30. The van der Waals surface area contributed by atoms with Crippen LogP contribution in [0.2, 0.25) is 0 Å². The Morgan fingerprint density at radius 2 is 1.29 bits per heavy atom. The number of aliphatic imine (C=N–C) groups is 1. The number of carbonyl (C=O) groups excluding carboxylic acids is 3. The number of hydrogen-bond acceptors (Lipinski definition) is 7. The van der Waals surface area contributed by atoms with Gasteiger partial charge in [-0.15, -0.1) is 0 Å². The Morgan fingerprint density at radius 1 is 0.824 bits per heavy atom. The van der Waals surface area contributed by atoms with E-state index in [2.05, 4.69) is 20.9 Å². The monoisotopic (exact) mass is 487 g/mol. The minimum atomic E-state index is -1.39. The summed E-state index contributed by atoms with van der Waals surface area (Å²) in [6.45, 7) is 6.86. The van der Waals surface area contributed by atoms with Crippen molar-refractivity contribution in [1.82, 2.24) is 16.0 Å². The Bertz CT molecular complexity index is 710. The summed E-state index contributed by atoms with van der Waals surface area (Å²) in [7, 11) is 0. The number of aliphatic hydroxyl groups is 1. The first-order valence-corrected chi connectivity index (χ1v) is 11.3. The molecule has 0 aliphatic carbocycles. The van der Waals surface area contributed by atoms with Crippen molar-refractivity contribution in [2.75, 3.05) is 13.2 Å². The van der Waals surface area contributed by atoms with Gasteiger partial charge in [-0.3, -0.25) is 19.4 Å². The Balaban J connectivity index is 5.16. The van der Waals surface area contributed by atoms with E-state index < -0.39 is 54.5 Å². The van der Waals surface area contributed by atoms with Gasteiger partial charge in [0.25, 0.3) is 0 Å². The number of nitrogens with one attached hydrogen (secondary N) is 3. The van der Waals surface area contributed by atoms with Crippen molar-refractivity contribution in [2.45, 2.75) is 77.5 Å². The van der Waals surface area contributed by atoms with Gasteiger partial charge >= 0.3 is 5.97 Å². The quantitative estimate of drug-likeness (QED) is 0.0681. The van der Waals surface area contributed by atoms with Gasteiger partial charge in [0, 0.05) is 6.54 Å². The Morgan fingerprint density at radius 3 is 1.76 bits per heavy atom. The lowest BCUT2D eigenvalue weighted by atomic mass is 10.0. The third kappa shape index (κ3) is 12.9. The lowest BCUT2D eigenvalue weighted by Gasteiger charge is -2.25. The van der Waals surface area contributed by atoms with E-state index in [1.807, 2.05) is 13.8 Å². The van der Waals surface area contributed by atoms with Crippen LogP contribution in [-0.2, 0) is 19.2 Å². The van der Waals surface area contributed by atoms with Crippen LogP contribution in [-0.4, -0.2) is 77.2 Å². The molecule has 0 aromatic rings. The summed E-state index contributed by atoms with van der Waals surface area (Å²) in [6.07, 6.45) is 1.18. The molecule has 0 bridgehead atoms. The molecule has 4 atom stereocenters. The van der Waals surface area contributed by atoms with Gasteiger partial charge in [0.15, 0.2) is 5.96 Å². The number of nitrogens with two attached hydrogens (primary N) is 3. The molecule has 0 rings (SSSR count). The number of carbonyl (C=O) groups is 4. The minimum Gasteiger partial charge on any atom is -0.480 e. The number of rotatable bonds is 16. The predicted octanol–water partition coefficient (Wildman–Crippen LogP) is -2.01. The summed E-state index contributed by atoms with van der Waals surface area (Å²) in [5.41, 5.74) is 16.4. The van der Waals surface area contributed by atoms with Crippen LogP contribution < -0.4 is 33.2 Å². The fourth-order valence-electron chi connectivity index (χ4n) is 3.06. The second-order valence-electron chi connectivity index (χ2n) is 9.02. The van der Waals surface area contributed by atoms with Crippen molar-refractivity contribution in [3.05, 3.63) is 0 Å². The molecule has 0 aromatic carbocycles. The van der Waals surface area contributed by atoms with Crippen molar-refractivity contribution < 1.29 is 29.4 Å². The van der Waals surface area contributed by atoms with E-state index in [9.17, 15) is 29.4 Å². The van der Waals surface area contributed by atoms with Gasteiger partial charge in [-0.05, 0) is 37.5 Å². The van der Waals surface area contributed by atoms with Crippen LogP contribution in [0.4, 0.5) is 0 Å². The zero-order chi connectivity index (χ0) is 26.4.